The van der Waals surface area contributed by atoms with Crippen LogP contribution in [0.1, 0.15) is 31.0 Å². The number of methoxy groups -OCH3 is 1. The number of aryl methyl sites for hydroxylation is 1. The minimum atomic E-state index is -0.228. The fraction of sp³-hybridized carbons (Fsp3) is 0.667. The molecule has 1 aromatic rings. The van der Waals surface area contributed by atoms with Gasteiger partial charge in [-0.15, -0.1) is 0 Å². The van der Waals surface area contributed by atoms with Crippen LogP contribution in [0, 0.1) is 18.8 Å². The van der Waals surface area contributed by atoms with Crippen molar-refractivity contribution in [2.75, 3.05) is 26.0 Å². The largest absolute Gasteiger partial charge is 0.469 e. The third-order valence-corrected chi connectivity index (χ3v) is 6.43. The molecule has 142 valence electrons. The summed E-state index contributed by atoms with van der Waals surface area (Å²) in [6.45, 7) is 5.33. The summed E-state index contributed by atoms with van der Waals surface area (Å²) in [7, 11) is 1.40. The van der Waals surface area contributed by atoms with Gasteiger partial charge in [-0.2, -0.15) is 0 Å². The summed E-state index contributed by atoms with van der Waals surface area (Å²) >= 11 is 1.48. The van der Waals surface area contributed by atoms with Crippen LogP contribution in [0.25, 0.3) is 0 Å². The summed E-state index contributed by atoms with van der Waals surface area (Å²) in [5, 5.41) is 0.707. The molecule has 7 nitrogen and oxygen atoms in total. The Balaban J connectivity index is 1.70. The van der Waals surface area contributed by atoms with Gasteiger partial charge in [-0.3, -0.25) is 19.0 Å². The van der Waals surface area contributed by atoms with E-state index in [1.54, 1.807) is 4.57 Å². The Labute approximate surface area is 157 Å². The smallest absolute Gasteiger partial charge is 0.308 e. The maximum atomic E-state index is 12.9. The second kappa shape index (κ2) is 7.82. The minimum absolute atomic E-state index is 0.0237. The molecule has 0 aromatic carbocycles. The second-order valence-electron chi connectivity index (χ2n) is 6.86. The lowest BCUT2D eigenvalue weighted by Crippen LogP contribution is -2.46. The van der Waals surface area contributed by atoms with Crippen molar-refractivity contribution in [2.24, 2.45) is 11.8 Å². The number of thioether (sulfide) groups is 1. The van der Waals surface area contributed by atoms with Crippen molar-refractivity contribution in [3.05, 3.63) is 21.6 Å². The number of aromatic nitrogens is 2. The highest BCUT2D eigenvalue weighted by Gasteiger charge is 2.34. The summed E-state index contributed by atoms with van der Waals surface area (Å²) in [6, 6.07) is 0. The molecule has 2 aliphatic rings. The van der Waals surface area contributed by atoms with E-state index in [9.17, 15) is 14.4 Å². The van der Waals surface area contributed by atoms with Crippen molar-refractivity contribution in [1.29, 1.82) is 0 Å². The summed E-state index contributed by atoms with van der Waals surface area (Å²) in [5.41, 5.74) is 1.48. The molecule has 3 heterocycles. The fourth-order valence-corrected chi connectivity index (χ4v) is 4.83. The first-order chi connectivity index (χ1) is 12.5. The number of likely N-dealkylation sites (tertiary alicyclic amines) is 1. The van der Waals surface area contributed by atoms with Crippen LogP contribution in [0.3, 0.4) is 0 Å². The van der Waals surface area contributed by atoms with Crippen molar-refractivity contribution in [3.8, 4) is 0 Å². The lowest BCUT2D eigenvalue weighted by Gasteiger charge is -2.34. The number of ether oxygens (including phenoxy) is 1. The van der Waals surface area contributed by atoms with Crippen LogP contribution < -0.4 is 5.56 Å². The molecule has 0 N–H and O–H groups in total. The van der Waals surface area contributed by atoms with Gasteiger partial charge in [0, 0.05) is 36.6 Å². The van der Waals surface area contributed by atoms with Crippen LogP contribution in [0.4, 0.5) is 0 Å². The van der Waals surface area contributed by atoms with Crippen LogP contribution >= 0.6 is 11.8 Å². The molecular formula is C18H25N3O4S. The summed E-state index contributed by atoms with van der Waals surface area (Å²) in [5.74, 6) is 0.158. The van der Waals surface area contributed by atoms with Gasteiger partial charge in [0.15, 0.2) is 5.16 Å². The lowest BCUT2D eigenvalue weighted by atomic mass is 9.96. The topological polar surface area (TPSA) is 81.5 Å². The third kappa shape index (κ3) is 3.51. The number of nitrogens with zero attached hydrogens (tertiary/aromatic N) is 3. The van der Waals surface area contributed by atoms with Crippen LogP contribution in [0.2, 0.25) is 0 Å². The van der Waals surface area contributed by atoms with E-state index in [0.29, 0.717) is 49.8 Å². The number of hydrogen-bond donors (Lipinski definition) is 0. The zero-order valence-electron chi connectivity index (χ0n) is 15.5. The molecule has 0 aliphatic carbocycles. The van der Waals surface area contributed by atoms with Crippen LogP contribution in [0.15, 0.2) is 9.95 Å². The zero-order chi connectivity index (χ0) is 18.8. The molecule has 8 heteroatoms. The zero-order valence-corrected chi connectivity index (χ0v) is 16.3. The summed E-state index contributed by atoms with van der Waals surface area (Å²) < 4.78 is 6.45. The number of fused-ring (bicyclic) bond motifs is 1. The molecule has 1 atom stereocenters. The molecule has 1 aromatic heterocycles. The molecule has 0 radical (unpaired) electrons. The summed E-state index contributed by atoms with van der Waals surface area (Å²) in [6.07, 6.45) is 1.91. The van der Waals surface area contributed by atoms with Crippen molar-refractivity contribution >= 4 is 23.6 Å². The summed E-state index contributed by atoms with van der Waals surface area (Å²) in [4.78, 5) is 43.6. The Bertz CT molecular complexity index is 768. The quantitative estimate of drug-likeness (QED) is 0.581. The molecular weight excluding hydrogens is 354 g/mol. The van der Waals surface area contributed by atoms with Gasteiger partial charge in [0.1, 0.15) is 0 Å². The molecule has 1 amide bonds. The van der Waals surface area contributed by atoms with E-state index < -0.39 is 0 Å². The molecule has 3 rings (SSSR count). The average Bonchev–Trinajstić information content (AvgIpc) is 2.67. The van der Waals surface area contributed by atoms with Gasteiger partial charge in [0.25, 0.3) is 5.56 Å². The van der Waals surface area contributed by atoms with E-state index in [0.717, 1.165) is 11.3 Å². The van der Waals surface area contributed by atoms with Gasteiger partial charge in [0.05, 0.1) is 18.9 Å². The van der Waals surface area contributed by atoms with Crippen LogP contribution in [0.5, 0.6) is 0 Å². The number of hydrogen-bond acceptors (Lipinski definition) is 6. The van der Waals surface area contributed by atoms with E-state index in [4.69, 9.17) is 4.74 Å². The first-order valence-electron chi connectivity index (χ1n) is 9.06. The molecule has 26 heavy (non-hydrogen) atoms. The van der Waals surface area contributed by atoms with Gasteiger partial charge in [-0.05, 0) is 26.2 Å². The van der Waals surface area contributed by atoms with E-state index in [2.05, 4.69) is 4.98 Å². The number of carbonyl (C=O) groups is 2. The second-order valence-corrected chi connectivity index (χ2v) is 7.85. The van der Waals surface area contributed by atoms with E-state index in [1.807, 2.05) is 18.7 Å². The SMILES string of the molecule is CCc1c(C)nc2n(c1=O)CC(C(=O)N1CCC(C(=O)OC)CC1)CS2. The minimum Gasteiger partial charge on any atom is -0.469 e. The molecule has 0 bridgehead atoms. The Morgan fingerprint density at radius 3 is 2.58 bits per heavy atom. The van der Waals surface area contributed by atoms with Crippen LogP contribution in [-0.4, -0.2) is 52.3 Å². The molecule has 1 unspecified atom stereocenters. The predicted molar refractivity (Wildman–Crippen MR) is 98.1 cm³/mol. The Hall–Kier alpha value is -1.83. The van der Waals surface area contributed by atoms with Crippen molar-refractivity contribution in [1.82, 2.24) is 14.5 Å². The number of piperidine rings is 1. The Kier molecular flexibility index (Phi) is 5.70. The Morgan fingerprint density at radius 1 is 1.27 bits per heavy atom. The third-order valence-electron chi connectivity index (χ3n) is 5.29. The number of esters is 1. The molecule has 1 fully saturated rings. The fourth-order valence-electron chi connectivity index (χ4n) is 3.71. The maximum absolute atomic E-state index is 12.9. The normalized spacial score (nSPS) is 20.6. The molecule has 1 saturated heterocycles. The van der Waals surface area contributed by atoms with Gasteiger partial charge in [-0.25, -0.2) is 4.98 Å². The average molecular weight is 379 g/mol. The van der Waals surface area contributed by atoms with Gasteiger partial charge in [0.2, 0.25) is 5.91 Å². The standard InChI is InChI=1S/C18H25N3O4S/c1-4-14-11(2)19-18-21(16(14)23)9-13(10-26-18)15(22)20-7-5-12(6-8-20)17(24)25-3/h12-13H,4-10H2,1-3H3. The number of amides is 1. The van der Waals surface area contributed by atoms with Gasteiger partial charge < -0.3 is 9.64 Å². The van der Waals surface area contributed by atoms with Gasteiger partial charge >= 0.3 is 5.97 Å². The first kappa shape index (κ1) is 18.9. The van der Waals surface area contributed by atoms with Gasteiger partial charge in [-0.1, -0.05) is 18.7 Å². The highest BCUT2D eigenvalue weighted by Crippen LogP contribution is 2.28. The first-order valence-corrected chi connectivity index (χ1v) is 10.0. The predicted octanol–water partition coefficient (Wildman–Crippen LogP) is 1.25. The highest BCUT2D eigenvalue weighted by atomic mass is 32.2. The van der Waals surface area contributed by atoms with E-state index in [1.165, 1.54) is 18.9 Å². The molecule has 0 saturated carbocycles. The molecule has 2 aliphatic heterocycles. The van der Waals surface area contributed by atoms with Crippen molar-refractivity contribution in [2.45, 2.75) is 44.8 Å². The number of carbonyl (C=O) groups excluding carboxylic acids is 2. The maximum Gasteiger partial charge on any atom is 0.308 e. The van der Waals surface area contributed by atoms with E-state index in [-0.39, 0.29) is 29.3 Å². The molecule has 0 spiro atoms. The van der Waals surface area contributed by atoms with E-state index >= 15 is 0 Å². The van der Waals surface area contributed by atoms with Crippen molar-refractivity contribution in [3.63, 3.8) is 0 Å². The lowest BCUT2D eigenvalue weighted by molar-refractivity contribution is -0.149. The van der Waals surface area contributed by atoms with Crippen LogP contribution in [-0.2, 0) is 27.3 Å². The van der Waals surface area contributed by atoms with Crippen molar-refractivity contribution < 1.29 is 14.3 Å². The monoisotopic (exact) mass is 379 g/mol. The number of rotatable bonds is 3. The highest BCUT2D eigenvalue weighted by molar-refractivity contribution is 7.99. The Morgan fingerprint density at radius 2 is 1.96 bits per heavy atom.